The zero-order valence-corrected chi connectivity index (χ0v) is 12.5. The Bertz CT molecular complexity index is 843. The van der Waals surface area contributed by atoms with Crippen molar-refractivity contribution >= 4 is 27.4 Å². The van der Waals surface area contributed by atoms with Crippen LogP contribution in [-0.2, 0) is 10.8 Å². The molecule has 1 aromatic carbocycles. The molecule has 5 nitrogen and oxygen atoms in total. The molecule has 0 fully saturated rings. The molecule has 1 unspecified atom stereocenters. The predicted molar refractivity (Wildman–Crippen MR) is 82.3 cm³/mol. The topological polar surface area (TPSA) is 81.8 Å². The van der Waals surface area contributed by atoms with E-state index in [1.165, 1.54) is 0 Å². The Hall–Kier alpha value is -2.34. The molecule has 21 heavy (non-hydrogen) atoms. The van der Waals surface area contributed by atoms with Crippen LogP contribution < -0.4 is 5.73 Å². The lowest BCUT2D eigenvalue weighted by Crippen LogP contribution is -2.04. The Labute approximate surface area is 124 Å². The van der Waals surface area contributed by atoms with Crippen LogP contribution in [0.15, 0.2) is 46.6 Å². The van der Waals surface area contributed by atoms with E-state index >= 15 is 0 Å². The molecule has 3 rings (SSSR count). The average molecular weight is 298 g/mol. The number of nitrogens with two attached hydrogens (primary N) is 1. The number of hydrogen-bond donors (Lipinski definition) is 1. The van der Waals surface area contributed by atoms with Gasteiger partial charge in [-0.2, -0.15) is 0 Å². The van der Waals surface area contributed by atoms with E-state index in [-0.39, 0.29) is 0 Å². The van der Waals surface area contributed by atoms with Crippen LogP contribution in [0.2, 0.25) is 0 Å². The van der Waals surface area contributed by atoms with Crippen molar-refractivity contribution in [2.45, 2.75) is 23.9 Å². The van der Waals surface area contributed by atoms with Crippen LogP contribution in [-0.4, -0.2) is 19.2 Å². The van der Waals surface area contributed by atoms with Crippen LogP contribution in [0.25, 0.3) is 10.9 Å². The minimum absolute atomic E-state index is 0.296. The first kappa shape index (κ1) is 13.6. The lowest BCUT2D eigenvalue weighted by atomic mass is 10.2. The number of nitrogen functional groups attached to an aromatic ring is 1. The van der Waals surface area contributed by atoms with Crippen molar-refractivity contribution in [2.24, 2.45) is 0 Å². The number of aryl methyl sites for hydroxylation is 2. The molecule has 0 aliphatic rings. The number of pyridine rings is 1. The van der Waals surface area contributed by atoms with Crippen molar-refractivity contribution in [3.05, 3.63) is 47.9 Å². The van der Waals surface area contributed by atoms with Gasteiger partial charge in [-0.1, -0.05) is 0 Å². The Morgan fingerprint density at radius 3 is 2.52 bits per heavy atom. The van der Waals surface area contributed by atoms with Crippen molar-refractivity contribution in [3.63, 3.8) is 0 Å². The van der Waals surface area contributed by atoms with Crippen molar-refractivity contribution in [2.75, 3.05) is 5.73 Å². The minimum atomic E-state index is -1.49. The third-order valence-corrected chi connectivity index (χ3v) is 4.34. The maximum atomic E-state index is 12.8. The van der Waals surface area contributed by atoms with E-state index in [1.807, 2.05) is 26.0 Å². The van der Waals surface area contributed by atoms with Crippen molar-refractivity contribution in [1.29, 1.82) is 0 Å². The first-order chi connectivity index (χ1) is 10.1. The lowest BCUT2D eigenvalue weighted by molar-refractivity contribution is 0.674. The van der Waals surface area contributed by atoms with E-state index in [1.54, 1.807) is 24.4 Å². The number of rotatable bonds is 2. The maximum absolute atomic E-state index is 12.8. The largest absolute Gasteiger partial charge is 0.398 e. The van der Waals surface area contributed by atoms with E-state index in [0.29, 0.717) is 21.3 Å². The summed E-state index contributed by atoms with van der Waals surface area (Å²) >= 11 is 0. The second-order valence-corrected chi connectivity index (χ2v) is 6.10. The molecule has 0 aliphatic carbocycles. The van der Waals surface area contributed by atoms with E-state index < -0.39 is 10.8 Å². The molecular formula is C15H14N4OS. The molecule has 106 valence electrons. The van der Waals surface area contributed by atoms with Gasteiger partial charge in [-0.3, -0.25) is 4.98 Å². The highest BCUT2D eigenvalue weighted by atomic mass is 32.2. The number of aromatic nitrogens is 3. The van der Waals surface area contributed by atoms with Crippen molar-refractivity contribution < 1.29 is 4.21 Å². The number of nitrogens with zero attached hydrogens (tertiary/aromatic N) is 3. The van der Waals surface area contributed by atoms with E-state index in [4.69, 9.17) is 5.73 Å². The molecule has 6 heteroatoms. The fraction of sp³-hybridized carbons (Fsp3) is 0.133. The highest BCUT2D eigenvalue weighted by Gasteiger charge is 2.16. The quantitative estimate of drug-likeness (QED) is 0.580. The van der Waals surface area contributed by atoms with Gasteiger partial charge in [-0.15, -0.1) is 0 Å². The Kier molecular flexibility index (Phi) is 3.39. The SMILES string of the molecule is Cc1cc(C)nc(S(=O)c2ccc(N)c3cccnc23)n1. The molecule has 0 saturated carbocycles. The van der Waals surface area contributed by atoms with Gasteiger partial charge in [0.15, 0.2) is 0 Å². The lowest BCUT2D eigenvalue weighted by Gasteiger charge is -2.08. The molecule has 2 heterocycles. The molecule has 3 aromatic rings. The molecule has 2 aromatic heterocycles. The summed E-state index contributed by atoms with van der Waals surface area (Å²) in [5.74, 6) is 0. The summed E-state index contributed by atoms with van der Waals surface area (Å²) < 4.78 is 12.8. The van der Waals surface area contributed by atoms with Crippen LogP contribution in [0.3, 0.4) is 0 Å². The summed E-state index contributed by atoms with van der Waals surface area (Å²) in [7, 11) is -1.49. The standard InChI is InChI=1S/C15H14N4OS/c1-9-8-10(2)19-15(18-9)21(20)13-6-5-12(16)11-4-3-7-17-14(11)13/h3-8H,16H2,1-2H3. The smallest absolute Gasteiger partial charge is 0.223 e. The van der Waals surface area contributed by atoms with Crippen LogP contribution in [0.1, 0.15) is 11.4 Å². The van der Waals surface area contributed by atoms with Gasteiger partial charge in [0.25, 0.3) is 0 Å². The Morgan fingerprint density at radius 1 is 1.10 bits per heavy atom. The molecule has 2 N–H and O–H groups in total. The minimum Gasteiger partial charge on any atom is -0.398 e. The highest BCUT2D eigenvalue weighted by Crippen LogP contribution is 2.26. The van der Waals surface area contributed by atoms with Crippen LogP contribution in [0.4, 0.5) is 5.69 Å². The Balaban J connectivity index is 2.20. The second kappa shape index (κ2) is 5.21. The molecule has 0 bridgehead atoms. The van der Waals surface area contributed by atoms with E-state index in [2.05, 4.69) is 15.0 Å². The number of hydrogen-bond acceptors (Lipinski definition) is 5. The highest BCUT2D eigenvalue weighted by molar-refractivity contribution is 7.85. The third kappa shape index (κ3) is 2.50. The molecule has 1 atom stereocenters. The predicted octanol–water partition coefficient (Wildman–Crippen LogP) is 2.39. The summed E-state index contributed by atoms with van der Waals surface area (Å²) in [5, 5.41) is 1.08. The zero-order valence-electron chi connectivity index (χ0n) is 11.7. The van der Waals surface area contributed by atoms with Gasteiger partial charge in [-0.25, -0.2) is 14.2 Å². The summed E-state index contributed by atoms with van der Waals surface area (Å²) in [6.07, 6.45) is 1.66. The number of fused-ring (bicyclic) bond motifs is 1. The van der Waals surface area contributed by atoms with Gasteiger partial charge in [0, 0.05) is 28.7 Å². The second-order valence-electron chi connectivity index (χ2n) is 4.75. The van der Waals surface area contributed by atoms with E-state index in [9.17, 15) is 4.21 Å². The van der Waals surface area contributed by atoms with Gasteiger partial charge in [0.05, 0.1) is 10.4 Å². The van der Waals surface area contributed by atoms with Gasteiger partial charge < -0.3 is 5.73 Å². The van der Waals surface area contributed by atoms with Gasteiger partial charge in [0.2, 0.25) is 5.16 Å². The number of anilines is 1. The molecule has 0 amide bonds. The third-order valence-electron chi connectivity index (χ3n) is 3.09. The monoisotopic (exact) mass is 298 g/mol. The first-order valence-electron chi connectivity index (χ1n) is 6.43. The molecule has 0 saturated heterocycles. The maximum Gasteiger partial charge on any atom is 0.223 e. The van der Waals surface area contributed by atoms with Crippen LogP contribution in [0.5, 0.6) is 0 Å². The van der Waals surface area contributed by atoms with E-state index in [0.717, 1.165) is 16.8 Å². The van der Waals surface area contributed by atoms with Gasteiger partial charge >= 0.3 is 0 Å². The molecular weight excluding hydrogens is 284 g/mol. The number of benzene rings is 1. The van der Waals surface area contributed by atoms with Crippen molar-refractivity contribution in [1.82, 2.24) is 15.0 Å². The normalized spacial score (nSPS) is 12.5. The van der Waals surface area contributed by atoms with Gasteiger partial charge in [-0.05, 0) is 44.2 Å². The zero-order chi connectivity index (χ0) is 15.0. The molecule has 0 aliphatic heterocycles. The summed E-state index contributed by atoms with van der Waals surface area (Å²) in [5.41, 5.74) is 8.76. The van der Waals surface area contributed by atoms with Crippen molar-refractivity contribution in [3.8, 4) is 0 Å². The fourth-order valence-electron chi connectivity index (χ4n) is 2.19. The van der Waals surface area contributed by atoms with Crippen LogP contribution >= 0.6 is 0 Å². The summed E-state index contributed by atoms with van der Waals surface area (Å²) in [6, 6.07) is 8.97. The van der Waals surface area contributed by atoms with Crippen LogP contribution in [0, 0.1) is 13.8 Å². The summed E-state index contributed by atoms with van der Waals surface area (Å²) in [4.78, 5) is 13.4. The average Bonchev–Trinajstić information content (AvgIpc) is 2.46. The fourth-order valence-corrected chi connectivity index (χ4v) is 3.37. The first-order valence-corrected chi connectivity index (χ1v) is 7.58. The molecule has 0 spiro atoms. The van der Waals surface area contributed by atoms with Gasteiger partial charge in [0.1, 0.15) is 10.8 Å². The summed E-state index contributed by atoms with van der Waals surface area (Å²) in [6.45, 7) is 3.71. The molecule has 0 radical (unpaired) electrons. The Morgan fingerprint density at radius 2 is 1.81 bits per heavy atom.